The SMILES string of the molecule is Cc1cc([C@@H](C)Nc2ccccc2C(=O)O)c2cc(OC3CCOCC3)c(C(F)F)nc2c1. The van der Waals surface area contributed by atoms with Crippen LogP contribution in [0.1, 0.15) is 59.4 Å². The monoisotopic (exact) mass is 456 g/mol. The number of ether oxygens (including phenoxy) is 2. The highest BCUT2D eigenvalue weighted by molar-refractivity contribution is 5.94. The summed E-state index contributed by atoms with van der Waals surface area (Å²) in [4.78, 5) is 15.9. The summed E-state index contributed by atoms with van der Waals surface area (Å²) in [6, 6.07) is 11.7. The maximum absolute atomic E-state index is 13.8. The Morgan fingerprint density at radius 3 is 2.64 bits per heavy atom. The molecule has 2 aromatic carbocycles. The summed E-state index contributed by atoms with van der Waals surface area (Å²) >= 11 is 0. The van der Waals surface area contributed by atoms with Gasteiger partial charge in [0.05, 0.1) is 24.3 Å². The van der Waals surface area contributed by atoms with E-state index in [0.717, 1.165) is 11.1 Å². The molecule has 1 aliphatic rings. The number of nitrogens with zero attached hydrogens (tertiary/aromatic N) is 1. The Balaban J connectivity index is 1.76. The number of aryl methyl sites for hydroxylation is 1. The number of aromatic carboxylic acids is 1. The molecule has 33 heavy (non-hydrogen) atoms. The van der Waals surface area contributed by atoms with Gasteiger partial charge in [-0.3, -0.25) is 0 Å². The van der Waals surface area contributed by atoms with Crippen LogP contribution in [0, 0.1) is 6.92 Å². The molecule has 3 aromatic rings. The zero-order valence-corrected chi connectivity index (χ0v) is 18.5. The van der Waals surface area contributed by atoms with Crippen molar-refractivity contribution in [2.45, 2.75) is 45.3 Å². The largest absolute Gasteiger partial charge is 0.488 e. The number of fused-ring (bicyclic) bond motifs is 1. The molecule has 0 radical (unpaired) electrons. The quantitative estimate of drug-likeness (QED) is 0.460. The predicted octanol–water partition coefficient (Wildman–Crippen LogP) is 5.91. The Morgan fingerprint density at radius 1 is 1.21 bits per heavy atom. The molecule has 0 saturated carbocycles. The Hall–Kier alpha value is -3.26. The molecular weight excluding hydrogens is 430 g/mol. The lowest BCUT2D eigenvalue weighted by molar-refractivity contribution is 0.0232. The van der Waals surface area contributed by atoms with Crippen molar-refractivity contribution in [3.8, 4) is 5.75 Å². The van der Waals surface area contributed by atoms with Crippen LogP contribution in [0.25, 0.3) is 10.9 Å². The number of hydrogen-bond acceptors (Lipinski definition) is 5. The molecule has 1 saturated heterocycles. The average Bonchev–Trinajstić information content (AvgIpc) is 2.79. The van der Waals surface area contributed by atoms with Crippen molar-refractivity contribution in [2.75, 3.05) is 18.5 Å². The number of carboxylic acids is 1. The predicted molar refractivity (Wildman–Crippen MR) is 121 cm³/mol. The second-order valence-corrected chi connectivity index (χ2v) is 8.24. The molecule has 0 aliphatic carbocycles. The molecular formula is C25H26F2N2O4. The molecule has 0 unspecified atom stereocenters. The summed E-state index contributed by atoms with van der Waals surface area (Å²) in [5.74, 6) is -0.956. The van der Waals surface area contributed by atoms with E-state index in [0.29, 0.717) is 42.6 Å². The van der Waals surface area contributed by atoms with Crippen LogP contribution in [0.3, 0.4) is 0 Å². The van der Waals surface area contributed by atoms with E-state index in [1.54, 1.807) is 30.3 Å². The molecule has 1 atom stereocenters. The van der Waals surface area contributed by atoms with Crippen molar-refractivity contribution in [1.29, 1.82) is 0 Å². The minimum absolute atomic E-state index is 0.0765. The molecule has 1 fully saturated rings. The number of aromatic nitrogens is 1. The number of pyridine rings is 1. The number of alkyl halides is 2. The third kappa shape index (κ3) is 5.06. The van der Waals surface area contributed by atoms with E-state index in [1.165, 1.54) is 6.07 Å². The summed E-state index contributed by atoms with van der Waals surface area (Å²) in [5.41, 5.74) is 2.38. The second kappa shape index (κ2) is 9.70. The van der Waals surface area contributed by atoms with E-state index in [9.17, 15) is 18.7 Å². The van der Waals surface area contributed by atoms with Crippen molar-refractivity contribution in [2.24, 2.45) is 0 Å². The van der Waals surface area contributed by atoms with Crippen molar-refractivity contribution in [3.05, 3.63) is 64.8 Å². The lowest BCUT2D eigenvalue weighted by Crippen LogP contribution is -2.26. The van der Waals surface area contributed by atoms with Crippen LogP contribution in [0.5, 0.6) is 5.75 Å². The fraction of sp³-hybridized carbons (Fsp3) is 0.360. The highest BCUT2D eigenvalue weighted by atomic mass is 19.3. The van der Waals surface area contributed by atoms with Crippen LogP contribution in [-0.4, -0.2) is 35.4 Å². The molecule has 174 valence electrons. The third-order valence-electron chi connectivity index (χ3n) is 5.77. The number of carboxylic acid groups (broad SMARTS) is 1. The first-order chi connectivity index (χ1) is 15.8. The van der Waals surface area contributed by atoms with Crippen LogP contribution in [0.15, 0.2) is 42.5 Å². The van der Waals surface area contributed by atoms with Gasteiger partial charge in [-0.15, -0.1) is 0 Å². The number of benzene rings is 2. The molecule has 2 heterocycles. The smallest absolute Gasteiger partial charge is 0.337 e. The van der Waals surface area contributed by atoms with Gasteiger partial charge in [-0.2, -0.15) is 0 Å². The fourth-order valence-corrected chi connectivity index (χ4v) is 4.13. The Labute approximate surface area is 190 Å². The first-order valence-corrected chi connectivity index (χ1v) is 10.9. The molecule has 2 N–H and O–H groups in total. The molecule has 0 spiro atoms. The van der Waals surface area contributed by atoms with Crippen molar-refractivity contribution >= 4 is 22.6 Å². The first kappa shape index (κ1) is 22.9. The Morgan fingerprint density at radius 2 is 1.94 bits per heavy atom. The lowest BCUT2D eigenvalue weighted by atomic mass is 9.98. The summed E-state index contributed by atoms with van der Waals surface area (Å²) in [5, 5.41) is 13.4. The number of carbonyl (C=O) groups is 1. The lowest BCUT2D eigenvalue weighted by Gasteiger charge is -2.25. The summed E-state index contributed by atoms with van der Waals surface area (Å²) < 4.78 is 39.0. The van der Waals surface area contributed by atoms with Crippen LogP contribution < -0.4 is 10.1 Å². The molecule has 8 heteroatoms. The maximum atomic E-state index is 13.8. The van der Waals surface area contributed by atoms with Crippen LogP contribution in [-0.2, 0) is 4.74 Å². The van der Waals surface area contributed by atoms with E-state index in [-0.39, 0.29) is 29.2 Å². The Kier molecular flexibility index (Phi) is 6.74. The fourth-order valence-electron chi connectivity index (χ4n) is 4.13. The van der Waals surface area contributed by atoms with Crippen molar-refractivity contribution < 1.29 is 28.2 Å². The minimum atomic E-state index is -2.77. The van der Waals surface area contributed by atoms with Gasteiger partial charge in [-0.25, -0.2) is 18.6 Å². The maximum Gasteiger partial charge on any atom is 0.337 e. The second-order valence-electron chi connectivity index (χ2n) is 8.24. The minimum Gasteiger partial charge on any atom is -0.488 e. The number of rotatable bonds is 7. The van der Waals surface area contributed by atoms with Gasteiger partial charge in [0, 0.05) is 30.0 Å². The average molecular weight is 456 g/mol. The molecule has 0 bridgehead atoms. The summed E-state index contributed by atoms with van der Waals surface area (Å²) in [7, 11) is 0. The molecule has 0 amide bonds. The van der Waals surface area contributed by atoms with E-state index in [2.05, 4.69) is 10.3 Å². The molecule has 6 nitrogen and oxygen atoms in total. The van der Waals surface area contributed by atoms with E-state index in [1.807, 2.05) is 19.9 Å². The zero-order chi connectivity index (χ0) is 23.5. The Bertz CT molecular complexity index is 1160. The topological polar surface area (TPSA) is 80.7 Å². The number of para-hydroxylation sites is 1. The normalized spacial score (nSPS) is 15.5. The third-order valence-corrected chi connectivity index (χ3v) is 5.77. The van der Waals surface area contributed by atoms with Crippen LogP contribution in [0.4, 0.5) is 14.5 Å². The van der Waals surface area contributed by atoms with Gasteiger partial charge in [0.1, 0.15) is 17.5 Å². The van der Waals surface area contributed by atoms with Crippen molar-refractivity contribution in [3.63, 3.8) is 0 Å². The molecule has 1 aromatic heterocycles. The van der Waals surface area contributed by atoms with Gasteiger partial charge >= 0.3 is 5.97 Å². The van der Waals surface area contributed by atoms with Gasteiger partial charge in [-0.05, 0) is 49.2 Å². The molecule has 4 rings (SSSR count). The van der Waals surface area contributed by atoms with Gasteiger partial charge in [0.25, 0.3) is 6.43 Å². The van der Waals surface area contributed by atoms with Gasteiger partial charge in [0.2, 0.25) is 0 Å². The highest BCUT2D eigenvalue weighted by Crippen LogP contribution is 2.36. The highest BCUT2D eigenvalue weighted by Gasteiger charge is 2.24. The van der Waals surface area contributed by atoms with Crippen LogP contribution in [0.2, 0.25) is 0 Å². The zero-order valence-electron chi connectivity index (χ0n) is 18.5. The standard InChI is InChI=1S/C25H26F2N2O4/c1-14-11-18(15(2)28-20-6-4-3-5-17(20)25(30)31)19-13-22(33-16-7-9-32-10-8-16)23(24(26)27)29-21(19)12-14/h3-6,11-13,15-16,24,28H,7-10H2,1-2H3,(H,30,31)/t15-/m1/s1. The van der Waals surface area contributed by atoms with Gasteiger partial charge < -0.3 is 19.9 Å². The first-order valence-electron chi connectivity index (χ1n) is 10.9. The van der Waals surface area contributed by atoms with Crippen molar-refractivity contribution in [1.82, 2.24) is 4.98 Å². The van der Waals surface area contributed by atoms with Crippen LogP contribution >= 0.6 is 0 Å². The summed E-state index contributed by atoms with van der Waals surface area (Å²) in [6.07, 6.45) is -1.72. The van der Waals surface area contributed by atoms with Gasteiger partial charge in [0.15, 0.2) is 0 Å². The number of hydrogen-bond donors (Lipinski definition) is 2. The number of halogens is 2. The number of anilines is 1. The number of nitrogens with one attached hydrogen (secondary N) is 1. The van der Waals surface area contributed by atoms with Gasteiger partial charge in [-0.1, -0.05) is 18.2 Å². The van der Waals surface area contributed by atoms with E-state index < -0.39 is 12.4 Å². The van der Waals surface area contributed by atoms with E-state index in [4.69, 9.17) is 9.47 Å². The van der Waals surface area contributed by atoms with E-state index >= 15 is 0 Å². The molecule has 1 aliphatic heterocycles. The summed E-state index contributed by atoms with van der Waals surface area (Å²) in [6.45, 7) is 4.83.